The van der Waals surface area contributed by atoms with Crippen molar-refractivity contribution in [3.63, 3.8) is 0 Å². The van der Waals surface area contributed by atoms with Crippen LogP contribution in [0.1, 0.15) is 26.2 Å². The molecule has 1 aliphatic heterocycles. The van der Waals surface area contributed by atoms with Crippen LogP contribution in [0.4, 0.5) is 0 Å². The molecule has 105 valence electrons. The summed E-state index contributed by atoms with van der Waals surface area (Å²) in [5.41, 5.74) is 0. The number of ether oxygens (including phenoxy) is 1. The summed E-state index contributed by atoms with van der Waals surface area (Å²) in [6, 6.07) is 0.445. The third-order valence-electron chi connectivity index (χ3n) is 3.66. The Hall–Kier alpha value is -0.0505. The van der Waals surface area contributed by atoms with Crippen LogP contribution in [0.3, 0.4) is 0 Å². The van der Waals surface area contributed by atoms with Gasteiger partial charge in [0, 0.05) is 0 Å². The van der Waals surface area contributed by atoms with Gasteiger partial charge in [-0.25, -0.2) is 0 Å². The van der Waals surface area contributed by atoms with E-state index in [4.69, 9.17) is 4.74 Å². The zero-order chi connectivity index (χ0) is 13.8. The first kappa shape index (κ1) is 15.3. The van der Waals surface area contributed by atoms with Crippen LogP contribution < -0.4 is 0 Å². The van der Waals surface area contributed by atoms with Gasteiger partial charge in [0.15, 0.2) is 0 Å². The average Bonchev–Trinajstić information content (AvgIpc) is 2.83. The summed E-state index contributed by atoms with van der Waals surface area (Å²) < 4.78 is 5.40. The van der Waals surface area contributed by atoms with Gasteiger partial charge in [-0.3, -0.25) is 0 Å². The van der Waals surface area contributed by atoms with E-state index in [0.29, 0.717) is 27.4 Å². The van der Waals surface area contributed by atoms with Gasteiger partial charge in [0.05, 0.1) is 0 Å². The van der Waals surface area contributed by atoms with Gasteiger partial charge in [0.2, 0.25) is 0 Å². The van der Waals surface area contributed by atoms with Gasteiger partial charge in [0.1, 0.15) is 0 Å². The molecule has 2 aliphatic rings. The number of hydrogen-bond acceptors (Lipinski definition) is 3. The molecule has 1 heterocycles. The second-order valence-electron chi connectivity index (χ2n) is 5.30. The summed E-state index contributed by atoms with van der Waals surface area (Å²) in [5, 5.41) is 1.01. The number of rotatable bonds is 5. The van der Waals surface area contributed by atoms with E-state index in [0.717, 1.165) is 18.2 Å². The van der Waals surface area contributed by atoms with Gasteiger partial charge in [0.25, 0.3) is 0 Å². The first-order valence-electron chi connectivity index (χ1n) is 6.82. The molecule has 0 aromatic rings. The third-order valence-corrected chi connectivity index (χ3v) is 6.22. The van der Waals surface area contributed by atoms with Crippen molar-refractivity contribution in [2.24, 2.45) is 0 Å². The second-order valence-corrected chi connectivity index (χ2v) is 7.53. The van der Waals surface area contributed by atoms with Crippen molar-refractivity contribution < 1.29 is 9.53 Å². The first-order chi connectivity index (χ1) is 9.08. The summed E-state index contributed by atoms with van der Waals surface area (Å²) in [5.74, 6) is 1.41. The van der Waals surface area contributed by atoms with Crippen molar-refractivity contribution in [2.45, 2.75) is 43.7 Å². The summed E-state index contributed by atoms with van der Waals surface area (Å²) in [6.07, 6.45) is 9.35. The van der Waals surface area contributed by atoms with Gasteiger partial charge in [-0.1, -0.05) is 0 Å². The summed E-state index contributed by atoms with van der Waals surface area (Å²) in [4.78, 5) is 15.0. The van der Waals surface area contributed by atoms with Crippen LogP contribution in [-0.4, -0.2) is 52.1 Å². The van der Waals surface area contributed by atoms with Crippen LogP contribution in [0.15, 0.2) is 0 Å². The van der Waals surface area contributed by atoms with Crippen molar-refractivity contribution in [2.75, 3.05) is 14.1 Å². The van der Waals surface area contributed by atoms with E-state index in [1.54, 1.807) is 0 Å². The number of carbonyl (C=O) groups is 1. The maximum atomic E-state index is 11.3. The van der Waals surface area contributed by atoms with Crippen LogP contribution in [-0.2, 0) is 9.53 Å². The molecule has 0 aromatic carbocycles. The summed E-state index contributed by atoms with van der Waals surface area (Å²) in [6.45, 7) is 2.23. The van der Waals surface area contributed by atoms with E-state index in [9.17, 15) is 4.79 Å². The van der Waals surface area contributed by atoms with Gasteiger partial charge >= 0.3 is 123 Å². The van der Waals surface area contributed by atoms with Crippen LogP contribution in [0.5, 0.6) is 0 Å². The van der Waals surface area contributed by atoms with Gasteiger partial charge in [-0.2, -0.15) is 0 Å². The van der Waals surface area contributed by atoms with Crippen molar-refractivity contribution in [1.29, 1.82) is 0 Å². The Labute approximate surface area is 123 Å². The Bertz CT molecular complexity index is 309. The zero-order valence-corrected chi connectivity index (χ0v) is 13.6. The molecule has 4 heteroatoms. The van der Waals surface area contributed by atoms with E-state index in [2.05, 4.69) is 45.2 Å². The minimum atomic E-state index is -0.0172. The van der Waals surface area contributed by atoms with E-state index >= 15 is 0 Å². The monoisotopic (exact) mass is 328 g/mol. The Morgan fingerprint density at radius 2 is 2.26 bits per heavy atom. The molecule has 2 rings (SSSR count). The topological polar surface area (TPSA) is 29.5 Å². The maximum absolute atomic E-state index is 11.3. The standard InChI is InChI=1S/C15H22NO2Se/c1-11(16(2)3)13-7-5-8-14(13)19-10-12-6-4-9-15(17)18-12/h5,7-8,11-12H,4,6,9-10H2,1-3H3/t11-,12-/m1/s1. The predicted octanol–water partition coefficient (Wildman–Crippen LogP) is 1.89. The fourth-order valence-electron chi connectivity index (χ4n) is 2.25. The molecule has 0 spiro atoms. The SMILES string of the molecule is C[C@H]([C]1[CH][CH][CH][C]1[Se]C[C@H]1CCCC(=O)O1)N(C)C. The molecular formula is C15H22NO2Se. The van der Waals surface area contributed by atoms with Crippen LogP contribution in [0.25, 0.3) is 0 Å². The normalized spacial score (nSPS) is 27.8. The first-order valence-corrected chi connectivity index (χ1v) is 8.89. The fourth-order valence-corrected chi connectivity index (χ4v) is 4.73. The number of nitrogens with zero attached hydrogens (tertiary/aromatic N) is 1. The van der Waals surface area contributed by atoms with Crippen LogP contribution in [0.2, 0.25) is 5.32 Å². The van der Waals surface area contributed by atoms with E-state index < -0.39 is 0 Å². The molecule has 1 aliphatic carbocycles. The molecule has 0 bridgehead atoms. The number of esters is 1. The van der Waals surface area contributed by atoms with Gasteiger partial charge < -0.3 is 0 Å². The Kier molecular flexibility index (Phi) is 5.73. The van der Waals surface area contributed by atoms with Crippen LogP contribution >= 0.6 is 0 Å². The molecule has 2 atom stereocenters. The van der Waals surface area contributed by atoms with Crippen molar-refractivity contribution in [1.82, 2.24) is 4.90 Å². The third kappa shape index (κ3) is 4.21. The molecule has 19 heavy (non-hydrogen) atoms. The summed E-state index contributed by atoms with van der Waals surface area (Å²) >= 11 is 0.394. The molecule has 0 amide bonds. The second kappa shape index (κ2) is 7.10. The van der Waals surface area contributed by atoms with Crippen molar-refractivity contribution >= 4 is 20.9 Å². The molecule has 0 aromatic heterocycles. The van der Waals surface area contributed by atoms with E-state index in [1.807, 2.05) is 0 Å². The molecule has 1 saturated carbocycles. The zero-order valence-electron chi connectivity index (χ0n) is 11.9. The van der Waals surface area contributed by atoms with E-state index in [1.165, 1.54) is 10.7 Å². The molecule has 0 N–H and O–H groups in total. The fraction of sp³-hybridized carbons (Fsp3) is 0.600. The van der Waals surface area contributed by atoms with Crippen LogP contribution in [0, 0.1) is 30.0 Å². The minimum absolute atomic E-state index is 0.0172. The molecule has 5 radical (unpaired) electrons. The quantitative estimate of drug-likeness (QED) is 0.570. The number of carbonyl (C=O) groups excluding carboxylic acids is 1. The average molecular weight is 327 g/mol. The van der Waals surface area contributed by atoms with Gasteiger partial charge in [-0.05, 0) is 0 Å². The molecule has 2 fully saturated rings. The Balaban J connectivity index is 1.79. The molecule has 1 saturated heterocycles. The predicted molar refractivity (Wildman–Crippen MR) is 76.8 cm³/mol. The molecule has 0 unspecified atom stereocenters. The van der Waals surface area contributed by atoms with Gasteiger partial charge in [-0.15, -0.1) is 0 Å². The number of cyclic esters (lactones) is 1. The number of hydrogen-bond donors (Lipinski definition) is 0. The Morgan fingerprint density at radius 1 is 1.47 bits per heavy atom. The molecular weight excluding hydrogens is 305 g/mol. The van der Waals surface area contributed by atoms with E-state index in [-0.39, 0.29) is 12.1 Å². The summed E-state index contributed by atoms with van der Waals surface area (Å²) in [7, 11) is 4.22. The molecule has 3 nitrogen and oxygen atoms in total. The Morgan fingerprint density at radius 3 is 2.95 bits per heavy atom. The van der Waals surface area contributed by atoms with Crippen molar-refractivity contribution in [3.8, 4) is 0 Å². The van der Waals surface area contributed by atoms with Crippen molar-refractivity contribution in [3.05, 3.63) is 30.0 Å².